The van der Waals surface area contributed by atoms with Crippen molar-refractivity contribution in [3.63, 3.8) is 0 Å². The Labute approximate surface area is 118 Å². The Bertz CT molecular complexity index is 531. The van der Waals surface area contributed by atoms with Crippen LogP contribution in [0.1, 0.15) is 18.4 Å². The van der Waals surface area contributed by atoms with Crippen molar-refractivity contribution < 1.29 is 19.4 Å². The highest BCUT2D eigenvalue weighted by Crippen LogP contribution is 2.41. The fourth-order valence-corrected chi connectivity index (χ4v) is 3.26. The van der Waals surface area contributed by atoms with Gasteiger partial charge in [-0.15, -0.1) is 0 Å². The number of carbonyl (C=O) groups is 1. The Morgan fingerprint density at radius 3 is 3.10 bits per heavy atom. The van der Waals surface area contributed by atoms with Gasteiger partial charge in [0.25, 0.3) is 0 Å². The van der Waals surface area contributed by atoms with Gasteiger partial charge in [-0.2, -0.15) is 0 Å². The number of benzene rings is 1. The maximum atomic E-state index is 10.8. The second-order valence-electron chi connectivity index (χ2n) is 5.58. The lowest BCUT2D eigenvalue weighted by atomic mass is 9.90. The van der Waals surface area contributed by atoms with Crippen molar-refractivity contribution in [2.24, 2.45) is 0 Å². The van der Waals surface area contributed by atoms with Crippen molar-refractivity contribution in [3.05, 3.63) is 23.8 Å². The lowest BCUT2D eigenvalue weighted by Gasteiger charge is -2.36. The summed E-state index contributed by atoms with van der Waals surface area (Å²) in [6.07, 6.45) is 2.72. The number of likely N-dealkylation sites (tertiary alicyclic amines) is 1. The lowest BCUT2D eigenvalue weighted by molar-refractivity contribution is -0.138. The van der Waals surface area contributed by atoms with E-state index in [1.54, 1.807) is 7.11 Å². The van der Waals surface area contributed by atoms with Gasteiger partial charge in [-0.25, -0.2) is 0 Å². The number of carboxylic acids is 1. The Morgan fingerprint density at radius 1 is 1.50 bits per heavy atom. The van der Waals surface area contributed by atoms with E-state index in [2.05, 4.69) is 0 Å². The first-order valence-corrected chi connectivity index (χ1v) is 6.91. The summed E-state index contributed by atoms with van der Waals surface area (Å²) in [4.78, 5) is 12.8. The fourth-order valence-electron chi connectivity index (χ4n) is 3.26. The molecule has 1 unspecified atom stereocenters. The Morgan fingerprint density at radius 2 is 2.35 bits per heavy atom. The average Bonchev–Trinajstić information content (AvgIpc) is 2.79. The molecular formula is C15H19NO4. The predicted molar refractivity (Wildman–Crippen MR) is 73.4 cm³/mol. The fraction of sp³-hybridized carbons (Fsp3) is 0.533. The minimum absolute atomic E-state index is 0.0933. The van der Waals surface area contributed by atoms with Crippen molar-refractivity contribution in [1.82, 2.24) is 4.90 Å². The molecule has 108 valence electrons. The zero-order valence-corrected chi connectivity index (χ0v) is 11.6. The zero-order valence-electron chi connectivity index (χ0n) is 11.6. The molecule has 1 atom stereocenters. The molecule has 2 aliphatic heterocycles. The molecule has 5 nitrogen and oxygen atoms in total. The maximum Gasteiger partial charge on any atom is 0.317 e. The smallest absolute Gasteiger partial charge is 0.317 e. The van der Waals surface area contributed by atoms with Crippen LogP contribution in [0.25, 0.3) is 0 Å². The first-order valence-electron chi connectivity index (χ1n) is 6.91. The summed E-state index contributed by atoms with van der Waals surface area (Å²) in [7, 11) is 1.67. The molecule has 1 saturated heterocycles. The minimum Gasteiger partial charge on any atom is -0.496 e. The number of rotatable bonds is 3. The van der Waals surface area contributed by atoms with Gasteiger partial charge in [0.05, 0.1) is 13.7 Å². The molecule has 5 heteroatoms. The van der Waals surface area contributed by atoms with Crippen molar-refractivity contribution >= 4 is 5.97 Å². The number of fused-ring (bicyclic) bond motifs is 1. The number of ether oxygens (including phenoxy) is 2. The Hall–Kier alpha value is -1.75. The topological polar surface area (TPSA) is 59.0 Å². The number of nitrogens with zero attached hydrogens (tertiary/aromatic N) is 1. The predicted octanol–water partition coefficient (Wildman–Crippen LogP) is 1.55. The molecule has 1 aromatic rings. The van der Waals surface area contributed by atoms with Crippen LogP contribution in [-0.2, 0) is 11.2 Å². The van der Waals surface area contributed by atoms with Gasteiger partial charge in [-0.1, -0.05) is 6.07 Å². The number of hydrogen-bond donors (Lipinski definition) is 1. The molecule has 3 rings (SSSR count). The first-order chi connectivity index (χ1) is 9.62. The normalized spacial score (nSPS) is 25.2. The van der Waals surface area contributed by atoms with Gasteiger partial charge in [0.15, 0.2) is 0 Å². The molecule has 0 amide bonds. The van der Waals surface area contributed by atoms with Crippen molar-refractivity contribution in [2.45, 2.75) is 24.9 Å². The van der Waals surface area contributed by atoms with E-state index in [4.69, 9.17) is 14.6 Å². The molecule has 1 spiro atoms. The van der Waals surface area contributed by atoms with Gasteiger partial charge >= 0.3 is 5.97 Å². The molecule has 2 aliphatic rings. The summed E-state index contributed by atoms with van der Waals surface area (Å²) >= 11 is 0. The summed E-state index contributed by atoms with van der Waals surface area (Å²) in [5, 5.41) is 8.89. The van der Waals surface area contributed by atoms with Crippen LogP contribution in [0.2, 0.25) is 0 Å². The van der Waals surface area contributed by atoms with E-state index in [0.29, 0.717) is 6.54 Å². The van der Waals surface area contributed by atoms with Crippen LogP contribution < -0.4 is 9.47 Å². The maximum absolute atomic E-state index is 10.8. The van der Waals surface area contributed by atoms with Crippen LogP contribution in [-0.4, -0.2) is 48.3 Å². The van der Waals surface area contributed by atoms with Crippen molar-refractivity contribution in [1.29, 1.82) is 0 Å². The van der Waals surface area contributed by atoms with E-state index in [1.807, 2.05) is 23.1 Å². The lowest BCUT2D eigenvalue weighted by Crippen LogP contribution is -2.43. The van der Waals surface area contributed by atoms with Crippen LogP contribution in [0.15, 0.2) is 18.2 Å². The highest BCUT2D eigenvalue weighted by molar-refractivity contribution is 5.69. The first kappa shape index (κ1) is 13.2. The highest BCUT2D eigenvalue weighted by atomic mass is 16.5. The number of carboxylic acid groups (broad SMARTS) is 1. The highest BCUT2D eigenvalue weighted by Gasteiger charge is 2.43. The van der Waals surface area contributed by atoms with Gasteiger partial charge in [0, 0.05) is 25.1 Å². The monoisotopic (exact) mass is 277 g/mol. The standard InChI is InChI=1S/C15H19NO4/c1-19-12-3-2-4-13-11(12)5-6-15(20-13)7-8-16(10-15)9-14(17)18/h2-4H,5-10H2,1H3,(H,17,18). The Kier molecular flexibility index (Phi) is 3.30. The average molecular weight is 277 g/mol. The zero-order chi connectivity index (χ0) is 14.2. The largest absolute Gasteiger partial charge is 0.496 e. The van der Waals surface area contributed by atoms with E-state index in [1.165, 1.54) is 0 Å². The van der Waals surface area contributed by atoms with Crippen LogP contribution in [0.3, 0.4) is 0 Å². The van der Waals surface area contributed by atoms with E-state index in [9.17, 15) is 4.79 Å². The summed E-state index contributed by atoms with van der Waals surface area (Å²) in [6, 6.07) is 5.85. The minimum atomic E-state index is -0.778. The van der Waals surface area contributed by atoms with Crippen LogP contribution in [0.4, 0.5) is 0 Å². The molecule has 0 saturated carbocycles. The van der Waals surface area contributed by atoms with E-state index in [-0.39, 0.29) is 12.1 Å². The summed E-state index contributed by atoms with van der Waals surface area (Å²) in [5.41, 5.74) is 0.895. The molecule has 0 aromatic heterocycles. The number of methoxy groups -OCH3 is 1. The molecule has 1 aromatic carbocycles. The van der Waals surface area contributed by atoms with Gasteiger partial charge in [-0.3, -0.25) is 9.69 Å². The second-order valence-corrected chi connectivity index (χ2v) is 5.58. The second kappa shape index (κ2) is 4.98. The van der Waals surface area contributed by atoms with Gasteiger partial charge in [0.1, 0.15) is 17.1 Å². The van der Waals surface area contributed by atoms with Crippen LogP contribution in [0, 0.1) is 0 Å². The number of aliphatic carboxylic acids is 1. The third-order valence-electron chi connectivity index (χ3n) is 4.22. The van der Waals surface area contributed by atoms with E-state index in [0.717, 1.165) is 42.9 Å². The molecule has 1 N–H and O–H groups in total. The van der Waals surface area contributed by atoms with Crippen molar-refractivity contribution in [3.8, 4) is 11.5 Å². The van der Waals surface area contributed by atoms with Crippen LogP contribution in [0.5, 0.6) is 11.5 Å². The Balaban J connectivity index is 1.77. The van der Waals surface area contributed by atoms with Gasteiger partial charge < -0.3 is 14.6 Å². The molecule has 1 fully saturated rings. The molecule has 20 heavy (non-hydrogen) atoms. The van der Waals surface area contributed by atoms with Crippen molar-refractivity contribution in [2.75, 3.05) is 26.7 Å². The van der Waals surface area contributed by atoms with Crippen LogP contribution >= 0.6 is 0 Å². The summed E-state index contributed by atoms with van der Waals surface area (Å²) in [6.45, 7) is 1.57. The van der Waals surface area contributed by atoms with E-state index < -0.39 is 5.97 Å². The van der Waals surface area contributed by atoms with Gasteiger partial charge in [0.2, 0.25) is 0 Å². The molecule has 0 aliphatic carbocycles. The number of hydrogen-bond acceptors (Lipinski definition) is 4. The van der Waals surface area contributed by atoms with E-state index >= 15 is 0 Å². The summed E-state index contributed by atoms with van der Waals surface area (Å²) < 4.78 is 11.6. The molecule has 0 radical (unpaired) electrons. The third kappa shape index (κ3) is 2.33. The molecule has 0 bridgehead atoms. The third-order valence-corrected chi connectivity index (χ3v) is 4.22. The molecular weight excluding hydrogens is 258 g/mol. The molecule has 2 heterocycles. The quantitative estimate of drug-likeness (QED) is 0.908. The summed E-state index contributed by atoms with van der Waals surface area (Å²) in [5.74, 6) is 0.977. The SMILES string of the molecule is COc1cccc2c1CCC1(CCN(CC(=O)O)C1)O2. The van der Waals surface area contributed by atoms with Gasteiger partial charge in [-0.05, 0) is 25.0 Å².